The molecular formula is C30H40ClN3O7S. The third-order valence-corrected chi connectivity index (χ3v) is 9.47. The summed E-state index contributed by atoms with van der Waals surface area (Å²) < 4.78 is 39.4. The second-order valence-electron chi connectivity index (χ2n) is 13.1. The summed E-state index contributed by atoms with van der Waals surface area (Å²) in [6.07, 6.45) is 0.120. The Morgan fingerprint density at radius 2 is 1.48 bits per heavy atom. The Morgan fingerprint density at radius 3 is 2.07 bits per heavy atom. The minimum absolute atomic E-state index is 0.0769. The van der Waals surface area contributed by atoms with E-state index in [1.165, 1.54) is 10.4 Å². The number of carbonyl (C=O) groups is 3. The molecule has 0 aliphatic carbocycles. The third-order valence-electron chi connectivity index (χ3n) is 7.39. The average molecular weight is 622 g/mol. The highest BCUT2D eigenvalue weighted by molar-refractivity contribution is 7.89. The SMILES string of the molecule is CC(C)(C)OC(=O)N1CCC(CN2CCN(S(=O)(=O)c3ccc4cc(Cl)ccc4c3)CC2=O)(C(=O)OC(C)(C)C)CC1. The van der Waals surface area contributed by atoms with Crippen molar-refractivity contribution < 1.29 is 32.3 Å². The molecule has 2 aliphatic rings. The van der Waals surface area contributed by atoms with E-state index in [0.717, 1.165) is 10.8 Å². The number of sulfonamides is 1. The maximum atomic E-state index is 13.5. The van der Waals surface area contributed by atoms with E-state index in [1.807, 2.05) is 0 Å². The fourth-order valence-electron chi connectivity index (χ4n) is 5.19. The molecule has 2 aromatic carbocycles. The average Bonchev–Trinajstić information content (AvgIpc) is 2.87. The lowest BCUT2D eigenvalue weighted by molar-refractivity contribution is -0.173. The van der Waals surface area contributed by atoms with Crippen LogP contribution < -0.4 is 0 Å². The van der Waals surface area contributed by atoms with Gasteiger partial charge in [0, 0.05) is 37.7 Å². The van der Waals surface area contributed by atoms with E-state index < -0.39 is 44.6 Å². The zero-order chi connectivity index (χ0) is 31.1. The van der Waals surface area contributed by atoms with Gasteiger partial charge in [-0.05, 0) is 89.4 Å². The molecule has 0 N–H and O–H groups in total. The number of piperazine rings is 1. The summed E-state index contributed by atoms with van der Waals surface area (Å²) in [6.45, 7) is 11.2. The lowest BCUT2D eigenvalue weighted by Crippen LogP contribution is -2.58. The van der Waals surface area contributed by atoms with Gasteiger partial charge in [-0.3, -0.25) is 9.59 Å². The summed E-state index contributed by atoms with van der Waals surface area (Å²) in [6, 6.07) is 9.99. The van der Waals surface area contributed by atoms with Crippen LogP contribution in [0, 0.1) is 5.41 Å². The second kappa shape index (κ2) is 11.7. The number of esters is 1. The molecule has 4 rings (SSSR count). The van der Waals surface area contributed by atoms with Crippen molar-refractivity contribution in [3.8, 4) is 0 Å². The molecule has 2 heterocycles. The van der Waals surface area contributed by atoms with Gasteiger partial charge in [-0.2, -0.15) is 4.31 Å². The van der Waals surface area contributed by atoms with Crippen LogP contribution in [0.3, 0.4) is 0 Å². The van der Waals surface area contributed by atoms with Crippen LogP contribution in [0.1, 0.15) is 54.4 Å². The second-order valence-corrected chi connectivity index (χ2v) is 15.4. The number of amides is 2. The van der Waals surface area contributed by atoms with Crippen molar-refractivity contribution in [3.05, 3.63) is 41.4 Å². The standard InChI is InChI=1S/C30H40ClN3O7S/c1-28(2,3)40-26(36)30(11-13-32(14-12-30)27(37)41-29(4,5)6)20-33-15-16-34(19-25(33)35)42(38,39)24-10-8-21-17-23(31)9-7-22(21)18-24/h7-10,17-18H,11-16,19-20H2,1-6H3. The number of benzene rings is 2. The highest BCUT2D eigenvalue weighted by atomic mass is 35.5. The van der Waals surface area contributed by atoms with Gasteiger partial charge in [-0.15, -0.1) is 0 Å². The highest BCUT2D eigenvalue weighted by Crippen LogP contribution is 2.37. The summed E-state index contributed by atoms with van der Waals surface area (Å²) in [4.78, 5) is 42.8. The van der Waals surface area contributed by atoms with Crippen molar-refractivity contribution in [3.63, 3.8) is 0 Å². The smallest absolute Gasteiger partial charge is 0.410 e. The predicted molar refractivity (Wildman–Crippen MR) is 160 cm³/mol. The van der Waals surface area contributed by atoms with Crippen LogP contribution in [-0.4, -0.2) is 91.0 Å². The summed E-state index contributed by atoms with van der Waals surface area (Å²) in [5.74, 6) is -0.826. The lowest BCUT2D eigenvalue weighted by Gasteiger charge is -2.45. The van der Waals surface area contributed by atoms with Crippen LogP contribution in [0.15, 0.2) is 41.3 Å². The number of hydrogen-bond donors (Lipinski definition) is 0. The van der Waals surface area contributed by atoms with E-state index in [1.54, 1.807) is 81.7 Å². The molecule has 2 fully saturated rings. The third kappa shape index (κ3) is 7.36. The topological polar surface area (TPSA) is 114 Å². The first-order chi connectivity index (χ1) is 19.4. The van der Waals surface area contributed by atoms with Crippen molar-refractivity contribution in [2.24, 2.45) is 5.41 Å². The molecule has 12 heteroatoms. The Balaban J connectivity index is 1.49. The fraction of sp³-hybridized carbons (Fsp3) is 0.567. The number of nitrogens with zero attached hydrogens (tertiary/aromatic N) is 3. The van der Waals surface area contributed by atoms with Crippen molar-refractivity contribution in [2.75, 3.05) is 39.3 Å². The Morgan fingerprint density at radius 1 is 0.881 bits per heavy atom. The van der Waals surface area contributed by atoms with Crippen molar-refractivity contribution >= 4 is 50.4 Å². The van der Waals surface area contributed by atoms with Gasteiger partial charge in [0.15, 0.2) is 0 Å². The Kier molecular flexibility index (Phi) is 8.89. The molecule has 0 atom stereocenters. The monoisotopic (exact) mass is 621 g/mol. The number of halogens is 1. The Bertz CT molecular complexity index is 1470. The van der Waals surface area contributed by atoms with E-state index in [0.29, 0.717) is 5.02 Å². The summed E-state index contributed by atoms with van der Waals surface area (Å²) in [5.41, 5.74) is -2.43. The van der Waals surface area contributed by atoms with Gasteiger partial charge in [-0.1, -0.05) is 23.7 Å². The maximum Gasteiger partial charge on any atom is 0.410 e. The normalized spacial score (nSPS) is 18.7. The number of ether oxygens (including phenoxy) is 2. The number of fused-ring (bicyclic) bond motifs is 1. The number of hydrogen-bond acceptors (Lipinski definition) is 7. The van der Waals surface area contributed by atoms with Crippen LogP contribution in [0.25, 0.3) is 10.8 Å². The van der Waals surface area contributed by atoms with Gasteiger partial charge in [0.2, 0.25) is 15.9 Å². The summed E-state index contributed by atoms with van der Waals surface area (Å²) in [5, 5.41) is 2.09. The molecule has 0 spiro atoms. The molecule has 0 bridgehead atoms. The quantitative estimate of drug-likeness (QED) is 0.445. The maximum absolute atomic E-state index is 13.5. The van der Waals surface area contributed by atoms with Gasteiger partial charge in [0.25, 0.3) is 0 Å². The van der Waals surface area contributed by atoms with Crippen LogP contribution in [0.4, 0.5) is 4.79 Å². The van der Waals surface area contributed by atoms with E-state index in [4.69, 9.17) is 21.1 Å². The molecule has 0 radical (unpaired) electrons. The van der Waals surface area contributed by atoms with Crippen LogP contribution >= 0.6 is 11.6 Å². The van der Waals surface area contributed by atoms with Gasteiger partial charge < -0.3 is 19.3 Å². The van der Waals surface area contributed by atoms with E-state index >= 15 is 0 Å². The van der Waals surface area contributed by atoms with E-state index in [9.17, 15) is 22.8 Å². The number of piperidine rings is 1. The molecule has 10 nitrogen and oxygen atoms in total. The Hall–Kier alpha value is -2.89. The molecule has 230 valence electrons. The first-order valence-electron chi connectivity index (χ1n) is 14.1. The van der Waals surface area contributed by atoms with E-state index in [2.05, 4.69) is 0 Å². The Labute approximate surface area is 252 Å². The van der Waals surface area contributed by atoms with E-state index in [-0.39, 0.29) is 57.0 Å². The largest absolute Gasteiger partial charge is 0.459 e. The minimum Gasteiger partial charge on any atom is -0.459 e. The van der Waals surface area contributed by atoms with Crippen molar-refractivity contribution in [2.45, 2.75) is 70.5 Å². The lowest BCUT2D eigenvalue weighted by atomic mass is 9.77. The first kappa shape index (κ1) is 32.0. The summed E-state index contributed by atoms with van der Waals surface area (Å²) in [7, 11) is -3.94. The highest BCUT2D eigenvalue weighted by Gasteiger charge is 2.48. The number of likely N-dealkylation sites (tertiary alicyclic amines) is 1. The van der Waals surface area contributed by atoms with Crippen LogP contribution in [0.5, 0.6) is 0 Å². The zero-order valence-electron chi connectivity index (χ0n) is 25.1. The van der Waals surface area contributed by atoms with Crippen LogP contribution in [-0.2, 0) is 29.1 Å². The molecule has 42 heavy (non-hydrogen) atoms. The van der Waals surface area contributed by atoms with Gasteiger partial charge in [-0.25, -0.2) is 13.2 Å². The van der Waals surface area contributed by atoms with Crippen molar-refractivity contribution in [1.29, 1.82) is 0 Å². The zero-order valence-corrected chi connectivity index (χ0v) is 26.7. The molecule has 0 saturated carbocycles. The molecule has 2 aromatic rings. The molecule has 2 aliphatic heterocycles. The van der Waals surface area contributed by atoms with Gasteiger partial charge in [0.1, 0.15) is 11.2 Å². The molecular weight excluding hydrogens is 582 g/mol. The number of rotatable bonds is 5. The number of carbonyl (C=O) groups excluding carboxylic acids is 3. The summed E-state index contributed by atoms with van der Waals surface area (Å²) >= 11 is 6.05. The fourth-order valence-corrected chi connectivity index (χ4v) is 6.78. The van der Waals surface area contributed by atoms with Crippen molar-refractivity contribution in [1.82, 2.24) is 14.1 Å². The minimum atomic E-state index is -3.94. The predicted octanol–water partition coefficient (Wildman–Crippen LogP) is 4.69. The molecule has 2 saturated heterocycles. The van der Waals surface area contributed by atoms with Gasteiger partial charge >= 0.3 is 12.1 Å². The first-order valence-corrected chi connectivity index (χ1v) is 15.9. The molecule has 0 unspecified atom stereocenters. The van der Waals surface area contributed by atoms with Gasteiger partial charge in [0.05, 0.1) is 16.9 Å². The van der Waals surface area contributed by atoms with Crippen LogP contribution in [0.2, 0.25) is 5.02 Å². The molecule has 2 amide bonds. The molecule has 0 aromatic heterocycles.